The lowest BCUT2D eigenvalue weighted by Crippen LogP contribution is -2.85. The Labute approximate surface area is 152 Å². The lowest BCUT2D eigenvalue weighted by atomic mass is 10.1. The van der Waals surface area contributed by atoms with Gasteiger partial charge in [0.2, 0.25) is 0 Å². The van der Waals surface area contributed by atoms with Crippen molar-refractivity contribution < 1.29 is 5.32 Å². The third kappa shape index (κ3) is 3.60. The first-order valence-electron chi connectivity index (χ1n) is 8.76. The predicted octanol–water partition coefficient (Wildman–Crippen LogP) is 3.46. The van der Waals surface area contributed by atoms with Crippen LogP contribution < -0.4 is 10.9 Å². The molecule has 0 amide bonds. The summed E-state index contributed by atoms with van der Waals surface area (Å²) in [6.07, 6.45) is 1.97. The Hall–Kier alpha value is -2.17. The summed E-state index contributed by atoms with van der Waals surface area (Å²) in [6.45, 7) is 5.28. The van der Waals surface area contributed by atoms with Crippen molar-refractivity contribution in [2.45, 2.75) is 32.7 Å². The van der Waals surface area contributed by atoms with Gasteiger partial charge in [0.05, 0.1) is 23.1 Å². The molecule has 5 heteroatoms. The van der Waals surface area contributed by atoms with E-state index in [4.69, 9.17) is 16.6 Å². The van der Waals surface area contributed by atoms with Crippen LogP contribution in [0.3, 0.4) is 0 Å². The average molecular weight is 357 g/mol. The van der Waals surface area contributed by atoms with E-state index in [0.29, 0.717) is 10.4 Å². The summed E-state index contributed by atoms with van der Waals surface area (Å²) in [5, 5.41) is 3.49. The average Bonchev–Trinajstić information content (AvgIpc) is 2.62. The van der Waals surface area contributed by atoms with Crippen LogP contribution in [-0.4, -0.2) is 16.1 Å². The quantitative estimate of drug-likeness (QED) is 0.735. The molecule has 0 saturated carbocycles. The van der Waals surface area contributed by atoms with Gasteiger partial charge in [0.25, 0.3) is 5.56 Å². The van der Waals surface area contributed by atoms with Crippen LogP contribution in [-0.2, 0) is 0 Å². The highest BCUT2D eigenvalue weighted by molar-refractivity contribution is 6.30. The summed E-state index contributed by atoms with van der Waals surface area (Å²) in [4.78, 5) is 18.1. The van der Waals surface area contributed by atoms with Gasteiger partial charge in [-0.25, -0.2) is 4.98 Å². The first kappa shape index (κ1) is 17.6. The van der Waals surface area contributed by atoms with Crippen LogP contribution in [0.1, 0.15) is 38.6 Å². The molecule has 1 heterocycles. The molecule has 25 heavy (non-hydrogen) atoms. The van der Waals surface area contributed by atoms with Crippen molar-refractivity contribution in [2.24, 2.45) is 0 Å². The molecule has 0 fully saturated rings. The van der Waals surface area contributed by atoms with Crippen LogP contribution in [0, 0.1) is 0 Å². The maximum absolute atomic E-state index is 13.2. The Kier molecular flexibility index (Phi) is 5.51. The highest BCUT2D eigenvalue weighted by Gasteiger charge is 2.22. The fourth-order valence-corrected chi connectivity index (χ4v) is 3.27. The molecule has 0 spiro atoms. The van der Waals surface area contributed by atoms with Crippen LogP contribution in [0.15, 0.2) is 53.3 Å². The molecule has 130 valence electrons. The van der Waals surface area contributed by atoms with E-state index in [1.165, 1.54) is 0 Å². The molecule has 2 N–H and O–H groups in total. The van der Waals surface area contributed by atoms with Crippen molar-refractivity contribution in [3.63, 3.8) is 0 Å². The van der Waals surface area contributed by atoms with Gasteiger partial charge in [-0.1, -0.05) is 43.6 Å². The first-order chi connectivity index (χ1) is 12.2. The molecule has 0 aliphatic carbocycles. The van der Waals surface area contributed by atoms with Gasteiger partial charge in [-0.15, -0.1) is 0 Å². The zero-order valence-corrected chi connectivity index (χ0v) is 15.3. The molecule has 0 bridgehead atoms. The van der Waals surface area contributed by atoms with Crippen molar-refractivity contribution in [3.8, 4) is 5.69 Å². The molecule has 4 nitrogen and oxygen atoms in total. The van der Waals surface area contributed by atoms with Gasteiger partial charge in [-0.2, -0.15) is 0 Å². The second kappa shape index (κ2) is 7.81. The monoisotopic (exact) mass is 356 g/mol. The number of quaternary nitrogens is 1. The number of benzene rings is 2. The molecular formula is C20H23ClN3O+. The lowest BCUT2D eigenvalue weighted by Gasteiger charge is -2.19. The minimum Gasteiger partial charge on any atom is -0.338 e. The molecule has 0 radical (unpaired) electrons. The summed E-state index contributed by atoms with van der Waals surface area (Å²) < 4.78 is 1.72. The van der Waals surface area contributed by atoms with Crippen LogP contribution in [0.5, 0.6) is 0 Å². The first-order valence-corrected chi connectivity index (χ1v) is 9.14. The predicted molar refractivity (Wildman–Crippen MR) is 102 cm³/mol. The Balaban J connectivity index is 2.29. The fourth-order valence-electron chi connectivity index (χ4n) is 3.09. The van der Waals surface area contributed by atoms with Gasteiger partial charge in [0, 0.05) is 11.4 Å². The van der Waals surface area contributed by atoms with Crippen molar-refractivity contribution in [1.82, 2.24) is 9.55 Å². The summed E-state index contributed by atoms with van der Waals surface area (Å²) >= 11 is 6.17. The van der Waals surface area contributed by atoms with Crippen LogP contribution in [0.4, 0.5) is 0 Å². The number of aromatic nitrogens is 2. The highest BCUT2D eigenvalue weighted by Crippen LogP contribution is 2.20. The third-order valence-electron chi connectivity index (χ3n) is 4.38. The fraction of sp³-hybridized carbons (Fsp3) is 0.300. The lowest BCUT2D eigenvalue weighted by molar-refractivity contribution is -0.697. The third-order valence-corrected chi connectivity index (χ3v) is 4.61. The second-order valence-corrected chi connectivity index (χ2v) is 6.58. The molecular weight excluding hydrogens is 334 g/mol. The van der Waals surface area contributed by atoms with Crippen LogP contribution in [0.25, 0.3) is 16.6 Å². The molecule has 0 unspecified atom stereocenters. The molecule has 3 rings (SSSR count). The number of para-hydroxylation sites is 1. The molecule has 1 aromatic heterocycles. The van der Waals surface area contributed by atoms with Gasteiger partial charge in [-0.3, -0.25) is 9.36 Å². The van der Waals surface area contributed by atoms with Gasteiger partial charge < -0.3 is 5.32 Å². The second-order valence-electron chi connectivity index (χ2n) is 6.15. The van der Waals surface area contributed by atoms with Crippen molar-refractivity contribution in [3.05, 3.63) is 69.7 Å². The molecule has 2 aromatic carbocycles. The molecule has 0 aliphatic rings. The Morgan fingerprint density at radius 1 is 1.16 bits per heavy atom. The normalized spacial score (nSPS) is 12.4. The molecule has 0 saturated heterocycles. The number of nitrogens with two attached hydrogens (primary N) is 1. The number of nitrogens with zero attached hydrogens (tertiary/aromatic N) is 2. The van der Waals surface area contributed by atoms with Crippen molar-refractivity contribution >= 4 is 22.5 Å². The summed E-state index contributed by atoms with van der Waals surface area (Å²) in [5.41, 5.74) is 1.45. The van der Waals surface area contributed by atoms with E-state index >= 15 is 0 Å². The van der Waals surface area contributed by atoms with E-state index in [9.17, 15) is 4.79 Å². The number of fused-ring (bicyclic) bond motifs is 1. The highest BCUT2D eigenvalue weighted by atomic mass is 35.5. The molecule has 0 aliphatic heterocycles. The maximum atomic E-state index is 13.2. The summed E-state index contributed by atoms with van der Waals surface area (Å²) in [6, 6.07) is 15.0. The van der Waals surface area contributed by atoms with Gasteiger partial charge in [0.1, 0.15) is 6.04 Å². The SMILES string of the molecule is CCC[NH2+][C@H](CC)c1nc2ccccc2c(=O)n1-c1cccc(Cl)c1. The van der Waals surface area contributed by atoms with Crippen LogP contribution in [0.2, 0.25) is 5.02 Å². The van der Waals surface area contributed by atoms with E-state index in [1.54, 1.807) is 4.57 Å². The minimum atomic E-state index is -0.0498. The van der Waals surface area contributed by atoms with E-state index in [1.807, 2.05) is 48.5 Å². The summed E-state index contributed by atoms with van der Waals surface area (Å²) in [7, 11) is 0. The zero-order valence-electron chi connectivity index (χ0n) is 14.6. The van der Waals surface area contributed by atoms with E-state index < -0.39 is 0 Å². The Bertz CT molecular complexity index is 936. The Morgan fingerprint density at radius 2 is 1.96 bits per heavy atom. The van der Waals surface area contributed by atoms with E-state index in [-0.39, 0.29) is 11.6 Å². The van der Waals surface area contributed by atoms with Crippen molar-refractivity contribution in [2.75, 3.05) is 6.54 Å². The smallest absolute Gasteiger partial charge is 0.266 e. The standard InChI is InChI=1S/C20H22ClN3O/c1-3-12-22-17(4-2)19-23-18-11-6-5-10-16(18)20(25)24(19)15-9-7-8-14(21)13-15/h5-11,13,17,22H,3-4,12H2,1-2H3/p+1/t17-/m1/s1. The minimum absolute atomic E-state index is 0.0498. The van der Waals surface area contributed by atoms with E-state index in [2.05, 4.69) is 19.2 Å². The maximum Gasteiger partial charge on any atom is 0.266 e. The molecule has 1 atom stereocenters. The van der Waals surface area contributed by atoms with Crippen molar-refractivity contribution in [1.29, 1.82) is 0 Å². The van der Waals surface area contributed by atoms with Gasteiger partial charge >= 0.3 is 0 Å². The van der Waals surface area contributed by atoms with Gasteiger partial charge in [-0.05, 0) is 36.8 Å². The molecule has 3 aromatic rings. The number of hydrogen-bond acceptors (Lipinski definition) is 2. The number of rotatable bonds is 6. The van der Waals surface area contributed by atoms with Crippen LogP contribution >= 0.6 is 11.6 Å². The number of halogens is 1. The van der Waals surface area contributed by atoms with E-state index in [0.717, 1.165) is 36.4 Å². The zero-order chi connectivity index (χ0) is 17.8. The summed E-state index contributed by atoms with van der Waals surface area (Å²) in [5.74, 6) is 0.780. The largest absolute Gasteiger partial charge is 0.338 e. The topological polar surface area (TPSA) is 51.5 Å². The van der Waals surface area contributed by atoms with Gasteiger partial charge in [0.15, 0.2) is 5.82 Å². The Morgan fingerprint density at radius 3 is 2.68 bits per heavy atom. The number of hydrogen-bond donors (Lipinski definition) is 1.